The van der Waals surface area contributed by atoms with Crippen LogP contribution in [0.1, 0.15) is 39.4 Å². The quantitative estimate of drug-likeness (QED) is 0.632. The van der Waals surface area contributed by atoms with Gasteiger partial charge in [-0.2, -0.15) is 0 Å². The molecule has 0 bridgehead atoms. The van der Waals surface area contributed by atoms with E-state index in [1.165, 1.54) is 11.8 Å². The first-order valence-electron chi connectivity index (χ1n) is 6.41. The molecule has 1 aromatic heterocycles. The van der Waals surface area contributed by atoms with E-state index in [2.05, 4.69) is 20.5 Å². The standard InChI is InChI=1S/C12H22N4O2S/c1-5-6-13-12(4,10(17)18)7-8(2)19-11-14-9(3)15-16-11/h8,13H,5-7H2,1-4H3,(H,17,18)(H,14,15,16). The molecule has 0 radical (unpaired) electrons. The maximum Gasteiger partial charge on any atom is 0.323 e. The highest BCUT2D eigenvalue weighted by Crippen LogP contribution is 2.26. The fourth-order valence-electron chi connectivity index (χ4n) is 1.81. The lowest BCUT2D eigenvalue weighted by Crippen LogP contribution is -2.51. The average molecular weight is 286 g/mol. The second-order valence-corrected chi connectivity index (χ2v) is 6.31. The van der Waals surface area contributed by atoms with E-state index in [0.29, 0.717) is 18.1 Å². The highest BCUT2D eigenvalue weighted by atomic mass is 32.2. The van der Waals surface area contributed by atoms with Crippen LogP contribution in [-0.4, -0.2) is 43.6 Å². The van der Waals surface area contributed by atoms with E-state index in [0.717, 1.165) is 12.2 Å². The van der Waals surface area contributed by atoms with Crippen LogP contribution in [-0.2, 0) is 4.79 Å². The topological polar surface area (TPSA) is 90.9 Å². The van der Waals surface area contributed by atoms with Crippen molar-refractivity contribution in [2.45, 2.75) is 56.5 Å². The van der Waals surface area contributed by atoms with Crippen LogP contribution in [0.2, 0.25) is 0 Å². The van der Waals surface area contributed by atoms with Gasteiger partial charge in [0.15, 0.2) is 0 Å². The SMILES string of the molecule is CCCNC(C)(CC(C)Sc1n[nH]c(C)n1)C(=O)O. The molecule has 6 nitrogen and oxygen atoms in total. The Balaban J connectivity index is 2.60. The number of carboxylic acids is 1. The summed E-state index contributed by atoms with van der Waals surface area (Å²) < 4.78 is 0. The van der Waals surface area contributed by atoms with Crippen molar-refractivity contribution < 1.29 is 9.90 Å². The number of aromatic amines is 1. The number of nitrogens with zero attached hydrogens (tertiary/aromatic N) is 2. The lowest BCUT2D eigenvalue weighted by atomic mass is 9.96. The van der Waals surface area contributed by atoms with Crippen molar-refractivity contribution in [3.8, 4) is 0 Å². The third kappa shape index (κ3) is 4.83. The van der Waals surface area contributed by atoms with Crippen molar-refractivity contribution in [3.05, 3.63) is 5.82 Å². The number of nitrogens with one attached hydrogen (secondary N) is 2. The fourth-order valence-corrected chi connectivity index (χ4v) is 2.87. The zero-order valence-corrected chi connectivity index (χ0v) is 12.7. The molecule has 108 valence electrons. The van der Waals surface area contributed by atoms with Crippen molar-refractivity contribution in [2.75, 3.05) is 6.54 Å². The molecule has 0 fully saturated rings. The molecular weight excluding hydrogens is 264 g/mol. The number of hydrogen-bond acceptors (Lipinski definition) is 5. The minimum Gasteiger partial charge on any atom is -0.480 e. The van der Waals surface area contributed by atoms with Crippen LogP contribution >= 0.6 is 11.8 Å². The Bertz CT molecular complexity index is 424. The van der Waals surface area contributed by atoms with Crippen LogP contribution < -0.4 is 5.32 Å². The molecule has 0 aliphatic carbocycles. The summed E-state index contributed by atoms with van der Waals surface area (Å²) in [5, 5.41) is 20.1. The second kappa shape index (κ2) is 6.91. The van der Waals surface area contributed by atoms with Gasteiger partial charge < -0.3 is 10.4 Å². The van der Waals surface area contributed by atoms with E-state index in [1.54, 1.807) is 6.92 Å². The molecule has 19 heavy (non-hydrogen) atoms. The van der Waals surface area contributed by atoms with Crippen LogP contribution in [0.25, 0.3) is 0 Å². The lowest BCUT2D eigenvalue weighted by Gasteiger charge is -2.28. The molecule has 2 unspecified atom stereocenters. The normalized spacial score (nSPS) is 16.0. The first kappa shape index (κ1) is 16.0. The van der Waals surface area contributed by atoms with Gasteiger partial charge in [0.25, 0.3) is 0 Å². The van der Waals surface area contributed by atoms with Crippen molar-refractivity contribution in [2.24, 2.45) is 0 Å². The van der Waals surface area contributed by atoms with Crippen LogP contribution in [0.3, 0.4) is 0 Å². The van der Waals surface area contributed by atoms with Gasteiger partial charge in [0.1, 0.15) is 11.4 Å². The zero-order valence-electron chi connectivity index (χ0n) is 11.9. The molecule has 0 aliphatic rings. The Hall–Kier alpha value is -1.08. The molecule has 0 aromatic carbocycles. The van der Waals surface area contributed by atoms with Crippen LogP contribution in [0, 0.1) is 6.92 Å². The molecule has 2 atom stereocenters. The van der Waals surface area contributed by atoms with E-state index >= 15 is 0 Å². The van der Waals surface area contributed by atoms with Crippen LogP contribution in [0.5, 0.6) is 0 Å². The lowest BCUT2D eigenvalue weighted by molar-refractivity contribution is -0.144. The number of carboxylic acid groups (broad SMARTS) is 1. The predicted octanol–water partition coefficient (Wildman–Crippen LogP) is 1.83. The number of H-pyrrole nitrogens is 1. The summed E-state index contributed by atoms with van der Waals surface area (Å²) in [5.41, 5.74) is -0.909. The average Bonchev–Trinajstić information content (AvgIpc) is 2.71. The Labute approximate surface area is 117 Å². The molecule has 0 aliphatic heterocycles. The third-order valence-corrected chi connectivity index (χ3v) is 3.78. The molecule has 0 saturated carbocycles. The van der Waals surface area contributed by atoms with Gasteiger partial charge in [-0.1, -0.05) is 25.6 Å². The largest absolute Gasteiger partial charge is 0.480 e. The van der Waals surface area contributed by atoms with E-state index in [9.17, 15) is 9.90 Å². The summed E-state index contributed by atoms with van der Waals surface area (Å²) >= 11 is 1.49. The summed E-state index contributed by atoms with van der Waals surface area (Å²) in [4.78, 5) is 15.6. The number of hydrogen-bond donors (Lipinski definition) is 3. The van der Waals surface area contributed by atoms with Crippen molar-refractivity contribution in [3.63, 3.8) is 0 Å². The van der Waals surface area contributed by atoms with Gasteiger partial charge in [0, 0.05) is 5.25 Å². The van der Waals surface area contributed by atoms with Gasteiger partial charge in [0.2, 0.25) is 5.16 Å². The van der Waals surface area contributed by atoms with E-state index in [-0.39, 0.29) is 5.25 Å². The highest BCUT2D eigenvalue weighted by Gasteiger charge is 2.34. The maximum atomic E-state index is 11.4. The number of aryl methyl sites for hydroxylation is 1. The van der Waals surface area contributed by atoms with Crippen molar-refractivity contribution >= 4 is 17.7 Å². The summed E-state index contributed by atoms with van der Waals surface area (Å²) in [6, 6.07) is 0. The molecule has 3 N–H and O–H groups in total. The van der Waals surface area contributed by atoms with E-state index in [1.807, 2.05) is 20.8 Å². The first-order valence-corrected chi connectivity index (χ1v) is 7.29. The highest BCUT2D eigenvalue weighted by molar-refractivity contribution is 7.99. The van der Waals surface area contributed by atoms with Gasteiger partial charge in [-0.05, 0) is 33.2 Å². The van der Waals surface area contributed by atoms with Crippen LogP contribution in [0.15, 0.2) is 5.16 Å². The molecule has 1 aromatic rings. The Kier molecular flexibility index (Phi) is 5.81. The third-order valence-electron chi connectivity index (χ3n) is 2.82. The fraction of sp³-hybridized carbons (Fsp3) is 0.750. The van der Waals surface area contributed by atoms with E-state index < -0.39 is 11.5 Å². The number of aromatic nitrogens is 3. The molecule has 0 amide bonds. The maximum absolute atomic E-state index is 11.4. The molecular formula is C12H22N4O2S. The van der Waals surface area contributed by atoms with Gasteiger partial charge in [-0.25, -0.2) is 4.98 Å². The number of aliphatic carboxylic acids is 1. The summed E-state index contributed by atoms with van der Waals surface area (Å²) in [5.74, 6) is -0.0561. The van der Waals surface area contributed by atoms with Crippen LogP contribution in [0.4, 0.5) is 0 Å². The number of carbonyl (C=O) groups is 1. The summed E-state index contributed by atoms with van der Waals surface area (Å²) in [7, 11) is 0. The monoisotopic (exact) mass is 286 g/mol. The number of rotatable bonds is 8. The first-order chi connectivity index (χ1) is 8.87. The molecule has 1 rings (SSSR count). The second-order valence-electron chi connectivity index (χ2n) is 4.90. The zero-order chi connectivity index (χ0) is 14.5. The van der Waals surface area contributed by atoms with Gasteiger partial charge >= 0.3 is 5.97 Å². The van der Waals surface area contributed by atoms with E-state index in [4.69, 9.17) is 0 Å². The molecule has 1 heterocycles. The summed E-state index contributed by atoms with van der Waals surface area (Å²) in [6.07, 6.45) is 1.42. The predicted molar refractivity (Wildman–Crippen MR) is 75.4 cm³/mol. The number of thioether (sulfide) groups is 1. The molecule has 7 heteroatoms. The van der Waals surface area contributed by atoms with Gasteiger partial charge in [-0.15, -0.1) is 5.10 Å². The van der Waals surface area contributed by atoms with Gasteiger partial charge in [0.05, 0.1) is 0 Å². The smallest absolute Gasteiger partial charge is 0.323 e. The van der Waals surface area contributed by atoms with Gasteiger partial charge in [-0.3, -0.25) is 9.89 Å². The Morgan fingerprint density at radius 2 is 2.32 bits per heavy atom. The molecule has 0 spiro atoms. The Morgan fingerprint density at radius 1 is 1.63 bits per heavy atom. The Morgan fingerprint density at radius 3 is 2.79 bits per heavy atom. The van der Waals surface area contributed by atoms with Crippen molar-refractivity contribution in [1.82, 2.24) is 20.5 Å². The minimum absolute atomic E-state index is 0.112. The minimum atomic E-state index is -0.909. The molecule has 0 saturated heterocycles. The van der Waals surface area contributed by atoms with Crippen molar-refractivity contribution in [1.29, 1.82) is 0 Å². The summed E-state index contributed by atoms with van der Waals surface area (Å²) in [6.45, 7) is 8.27.